The minimum absolute atomic E-state index is 0.0470. The Morgan fingerprint density at radius 1 is 1.29 bits per heavy atom. The van der Waals surface area contributed by atoms with Crippen molar-refractivity contribution in [2.24, 2.45) is 0 Å². The molecule has 0 saturated heterocycles. The van der Waals surface area contributed by atoms with Crippen molar-refractivity contribution in [3.63, 3.8) is 0 Å². The van der Waals surface area contributed by atoms with E-state index in [0.717, 1.165) is 0 Å². The molecule has 9 heteroatoms. The van der Waals surface area contributed by atoms with Crippen LogP contribution >= 0.6 is 0 Å². The summed E-state index contributed by atoms with van der Waals surface area (Å²) in [7, 11) is -3.85. The Labute approximate surface area is 121 Å². The van der Waals surface area contributed by atoms with Gasteiger partial charge in [-0.1, -0.05) is 6.07 Å². The number of nitro groups is 1. The lowest BCUT2D eigenvalue weighted by atomic mass is 10.2. The van der Waals surface area contributed by atoms with Gasteiger partial charge in [-0.25, -0.2) is 8.42 Å². The summed E-state index contributed by atoms with van der Waals surface area (Å²) in [5, 5.41) is 17.3. The second kappa shape index (κ2) is 5.17. The molecule has 21 heavy (non-hydrogen) atoms. The van der Waals surface area contributed by atoms with E-state index in [1.165, 1.54) is 18.2 Å². The van der Waals surface area contributed by atoms with Gasteiger partial charge in [0.15, 0.2) is 0 Å². The minimum Gasteiger partial charge on any atom is -0.281 e. The average molecular weight is 310 g/mol. The fourth-order valence-corrected chi connectivity index (χ4v) is 3.43. The lowest BCUT2D eigenvalue weighted by Crippen LogP contribution is -2.14. The fraction of sp³-hybridized carbons (Fsp3) is 0.250. The normalized spacial score (nSPS) is 11.4. The second-order valence-corrected chi connectivity index (χ2v) is 6.25. The smallest absolute Gasteiger partial charge is 0.274 e. The van der Waals surface area contributed by atoms with Crippen LogP contribution in [-0.4, -0.2) is 23.5 Å². The maximum absolute atomic E-state index is 12.3. The highest BCUT2D eigenvalue weighted by atomic mass is 32.2. The molecule has 1 aromatic heterocycles. The summed E-state index contributed by atoms with van der Waals surface area (Å²) in [6.45, 7) is 4.74. The number of nitrogens with one attached hydrogen (secondary N) is 2. The summed E-state index contributed by atoms with van der Waals surface area (Å²) in [6, 6.07) is 4.16. The molecule has 112 valence electrons. The van der Waals surface area contributed by atoms with E-state index in [9.17, 15) is 18.5 Å². The van der Waals surface area contributed by atoms with Crippen molar-refractivity contribution in [1.29, 1.82) is 0 Å². The number of hydrogen-bond donors (Lipinski definition) is 2. The Morgan fingerprint density at radius 2 is 1.95 bits per heavy atom. The number of aryl methyl sites for hydroxylation is 3. The lowest BCUT2D eigenvalue weighted by Gasteiger charge is -2.08. The molecule has 1 heterocycles. The summed E-state index contributed by atoms with van der Waals surface area (Å²) in [5.41, 5.74) is 1.19. The third kappa shape index (κ3) is 2.87. The molecule has 0 saturated carbocycles. The zero-order valence-electron chi connectivity index (χ0n) is 11.7. The van der Waals surface area contributed by atoms with Gasteiger partial charge < -0.3 is 0 Å². The van der Waals surface area contributed by atoms with Crippen molar-refractivity contribution in [2.75, 3.05) is 4.72 Å². The van der Waals surface area contributed by atoms with E-state index in [0.29, 0.717) is 17.0 Å². The molecule has 2 rings (SSSR count). The van der Waals surface area contributed by atoms with Gasteiger partial charge in [0.05, 0.1) is 22.0 Å². The van der Waals surface area contributed by atoms with Gasteiger partial charge in [-0.05, 0) is 26.8 Å². The monoisotopic (exact) mass is 310 g/mol. The Balaban J connectivity index is 2.42. The van der Waals surface area contributed by atoms with Gasteiger partial charge in [-0.15, -0.1) is 0 Å². The van der Waals surface area contributed by atoms with Gasteiger partial charge in [0.2, 0.25) is 0 Å². The van der Waals surface area contributed by atoms with E-state index in [2.05, 4.69) is 14.9 Å². The highest BCUT2D eigenvalue weighted by molar-refractivity contribution is 7.92. The fourth-order valence-electron chi connectivity index (χ4n) is 2.01. The van der Waals surface area contributed by atoms with Crippen molar-refractivity contribution in [3.05, 3.63) is 45.3 Å². The SMILES string of the molecule is Cc1ccc(NS(=O)(=O)c2c(C)n[nH]c2C)cc1[N+](=O)[O-]. The highest BCUT2D eigenvalue weighted by Crippen LogP contribution is 2.25. The highest BCUT2D eigenvalue weighted by Gasteiger charge is 2.23. The zero-order chi connectivity index (χ0) is 15.8. The Hall–Kier alpha value is -2.42. The number of H-pyrrole nitrogens is 1. The molecule has 0 aliphatic rings. The van der Waals surface area contributed by atoms with Crippen LogP contribution in [0.3, 0.4) is 0 Å². The lowest BCUT2D eigenvalue weighted by molar-refractivity contribution is -0.385. The Bertz CT molecular complexity index is 791. The Kier molecular flexibility index (Phi) is 3.69. The van der Waals surface area contributed by atoms with Crippen LogP contribution in [0.25, 0.3) is 0 Å². The van der Waals surface area contributed by atoms with Crippen molar-refractivity contribution in [2.45, 2.75) is 25.7 Å². The number of hydrogen-bond acceptors (Lipinski definition) is 5. The van der Waals surface area contributed by atoms with Crippen LogP contribution < -0.4 is 4.72 Å². The first-order valence-electron chi connectivity index (χ1n) is 6.02. The van der Waals surface area contributed by atoms with Gasteiger partial charge in [-0.2, -0.15) is 5.10 Å². The van der Waals surface area contributed by atoms with Crippen LogP contribution in [0.15, 0.2) is 23.1 Å². The summed E-state index contributed by atoms with van der Waals surface area (Å²) in [5.74, 6) is 0. The Morgan fingerprint density at radius 3 is 2.48 bits per heavy atom. The molecule has 0 amide bonds. The van der Waals surface area contributed by atoms with Gasteiger partial charge in [-0.3, -0.25) is 19.9 Å². The maximum atomic E-state index is 12.3. The third-order valence-electron chi connectivity index (χ3n) is 2.99. The van der Waals surface area contributed by atoms with E-state index in [1.807, 2.05) is 0 Å². The first-order valence-corrected chi connectivity index (χ1v) is 7.50. The largest absolute Gasteiger partial charge is 0.281 e. The number of sulfonamides is 1. The number of nitro benzene ring substituents is 1. The first kappa shape index (κ1) is 15.0. The predicted octanol–water partition coefficient (Wildman–Crippen LogP) is 2.04. The van der Waals surface area contributed by atoms with Gasteiger partial charge >= 0.3 is 0 Å². The minimum atomic E-state index is -3.85. The summed E-state index contributed by atoms with van der Waals surface area (Å²) in [6.07, 6.45) is 0. The molecule has 0 spiro atoms. The number of aromatic nitrogens is 2. The molecule has 0 bridgehead atoms. The molecule has 1 aromatic carbocycles. The summed E-state index contributed by atoms with van der Waals surface area (Å²) >= 11 is 0. The van der Waals surface area contributed by atoms with E-state index >= 15 is 0 Å². The topological polar surface area (TPSA) is 118 Å². The van der Waals surface area contributed by atoms with Gasteiger partial charge in [0, 0.05) is 11.6 Å². The van der Waals surface area contributed by atoms with Crippen molar-refractivity contribution in [3.8, 4) is 0 Å². The molecule has 2 N–H and O–H groups in total. The van der Waals surface area contributed by atoms with Gasteiger partial charge in [0.1, 0.15) is 4.90 Å². The van der Waals surface area contributed by atoms with Crippen LogP contribution in [0.4, 0.5) is 11.4 Å². The third-order valence-corrected chi connectivity index (χ3v) is 4.63. The summed E-state index contributed by atoms with van der Waals surface area (Å²) in [4.78, 5) is 10.4. The van der Waals surface area contributed by atoms with E-state index in [4.69, 9.17) is 0 Å². The second-order valence-electron chi connectivity index (χ2n) is 4.63. The number of benzene rings is 1. The molecule has 0 unspecified atom stereocenters. The quantitative estimate of drug-likeness (QED) is 0.661. The molecule has 0 atom stereocenters. The zero-order valence-corrected chi connectivity index (χ0v) is 12.5. The predicted molar refractivity (Wildman–Crippen MR) is 76.7 cm³/mol. The molecule has 8 nitrogen and oxygen atoms in total. The van der Waals surface area contributed by atoms with E-state index in [1.54, 1.807) is 20.8 Å². The van der Waals surface area contributed by atoms with Crippen molar-refractivity contribution < 1.29 is 13.3 Å². The summed E-state index contributed by atoms with van der Waals surface area (Å²) < 4.78 is 27.0. The molecule has 0 fully saturated rings. The standard InChI is InChI=1S/C12H14N4O4S/c1-7-4-5-10(6-11(7)16(17)18)15-21(19,20)12-8(2)13-14-9(12)3/h4-6,15H,1-3H3,(H,13,14). The molecule has 0 aliphatic carbocycles. The van der Waals surface area contributed by atoms with Crippen LogP contribution in [0.5, 0.6) is 0 Å². The number of aromatic amines is 1. The molecule has 0 aliphatic heterocycles. The van der Waals surface area contributed by atoms with Crippen molar-refractivity contribution >= 4 is 21.4 Å². The van der Waals surface area contributed by atoms with Crippen LogP contribution in [0.2, 0.25) is 0 Å². The number of nitrogens with zero attached hydrogens (tertiary/aromatic N) is 2. The van der Waals surface area contributed by atoms with Crippen molar-refractivity contribution in [1.82, 2.24) is 10.2 Å². The molecular formula is C12H14N4O4S. The number of rotatable bonds is 4. The average Bonchev–Trinajstić information content (AvgIpc) is 2.71. The molecular weight excluding hydrogens is 296 g/mol. The molecule has 2 aromatic rings. The first-order chi connectivity index (χ1) is 9.72. The van der Waals surface area contributed by atoms with Crippen LogP contribution in [-0.2, 0) is 10.0 Å². The van der Waals surface area contributed by atoms with E-state index < -0.39 is 14.9 Å². The number of anilines is 1. The van der Waals surface area contributed by atoms with Gasteiger partial charge in [0.25, 0.3) is 15.7 Å². The van der Waals surface area contributed by atoms with Crippen LogP contribution in [0.1, 0.15) is 17.0 Å². The van der Waals surface area contributed by atoms with E-state index in [-0.39, 0.29) is 16.3 Å². The maximum Gasteiger partial charge on any atom is 0.274 e. The molecule has 0 radical (unpaired) electrons. The van der Waals surface area contributed by atoms with Crippen LogP contribution in [0, 0.1) is 30.9 Å².